The Morgan fingerprint density at radius 3 is 2.17 bits per heavy atom. The molecule has 2 aliphatic carbocycles. The average molecular weight is 321 g/mol. The minimum Gasteiger partial charge on any atom is -0.147 e. The standard InChI is InChI=1S/C7H9.C5H5.C3H6.2ClH.Ti/c1-6-4-3-5-7(6)2;1-2-4-5-3-1;1-3-2;;;/h4H,5H2,1-2H3;1-3H,4H2;1-2H3;2*1H;. The molecule has 0 spiro atoms. The van der Waals surface area contributed by atoms with Crippen molar-refractivity contribution in [2.45, 2.75) is 40.5 Å². The van der Waals surface area contributed by atoms with Crippen LogP contribution in [0.15, 0.2) is 43.2 Å². The maximum Gasteiger partial charge on any atom is -0.147 e. The number of rotatable bonds is 2. The van der Waals surface area contributed by atoms with E-state index in [1.165, 1.54) is 18.4 Å². The summed E-state index contributed by atoms with van der Waals surface area (Å²) in [5.74, 6) is 0. The van der Waals surface area contributed by atoms with Gasteiger partial charge in [-0.05, 0) is 0 Å². The van der Waals surface area contributed by atoms with Crippen LogP contribution in [-0.2, 0) is 17.4 Å². The Kier molecular flexibility index (Phi) is 7.70. The molecule has 0 aliphatic heterocycles. The molecule has 0 aromatic rings. The number of hydrogen-bond acceptors (Lipinski definition) is 0. The van der Waals surface area contributed by atoms with E-state index in [9.17, 15) is 0 Å². The monoisotopic (exact) mass is 320 g/mol. The Morgan fingerprint density at radius 2 is 1.78 bits per heavy atom. The molecule has 0 bridgehead atoms. The van der Waals surface area contributed by atoms with E-state index in [0.29, 0.717) is 0 Å². The summed E-state index contributed by atoms with van der Waals surface area (Å²) in [5.41, 5.74) is 3.08. The van der Waals surface area contributed by atoms with Gasteiger partial charge in [0.25, 0.3) is 0 Å². The summed E-state index contributed by atoms with van der Waals surface area (Å²) >= 11 is -1.26. The smallest absolute Gasteiger partial charge is 0.147 e. The minimum atomic E-state index is -1.26. The fraction of sp³-hybridized carbons (Fsp3) is 0.400. The van der Waals surface area contributed by atoms with Crippen molar-refractivity contribution >= 4 is 28.6 Å². The first-order chi connectivity index (χ1) is 7.59. The van der Waals surface area contributed by atoms with Crippen molar-refractivity contribution in [3.05, 3.63) is 43.2 Å². The van der Waals surface area contributed by atoms with Crippen molar-refractivity contribution in [2.24, 2.45) is 0 Å². The molecule has 0 saturated carbocycles. The van der Waals surface area contributed by atoms with Crippen LogP contribution in [-0.4, -0.2) is 3.81 Å². The van der Waals surface area contributed by atoms with E-state index < -0.39 is 17.4 Å². The van der Waals surface area contributed by atoms with Crippen LogP contribution >= 0.6 is 24.8 Å². The normalized spacial score (nSPS) is 16.9. The van der Waals surface area contributed by atoms with E-state index in [1.54, 1.807) is 17.1 Å². The molecule has 18 heavy (non-hydrogen) atoms. The third-order valence-electron chi connectivity index (χ3n) is 3.43. The third kappa shape index (κ3) is 3.81. The summed E-state index contributed by atoms with van der Waals surface area (Å²) in [6.45, 7) is 9.20. The van der Waals surface area contributed by atoms with E-state index in [2.05, 4.69) is 52.0 Å². The number of hydrogen-bond donors (Lipinski definition) is 0. The summed E-state index contributed by atoms with van der Waals surface area (Å²) in [4.78, 5) is 0. The first-order valence-electron chi connectivity index (χ1n) is 6.00. The molecule has 0 nitrogen and oxygen atoms in total. The molecule has 0 heterocycles. The predicted molar refractivity (Wildman–Crippen MR) is 83.8 cm³/mol. The molecule has 0 unspecified atom stereocenters. The quantitative estimate of drug-likeness (QED) is 0.619. The Labute approximate surface area is 129 Å². The number of halogens is 2. The molecule has 3 heteroatoms. The van der Waals surface area contributed by atoms with Gasteiger partial charge in [-0.3, -0.25) is 0 Å². The molecule has 2 aliphatic rings. The van der Waals surface area contributed by atoms with Gasteiger partial charge in [0.05, 0.1) is 0 Å². The summed E-state index contributed by atoms with van der Waals surface area (Å²) in [6, 6.07) is 0. The van der Waals surface area contributed by atoms with Crippen molar-refractivity contribution < 1.29 is 17.4 Å². The van der Waals surface area contributed by atoms with E-state index in [4.69, 9.17) is 0 Å². The minimum absolute atomic E-state index is 0. The molecule has 0 amide bonds. The zero-order chi connectivity index (χ0) is 11.7. The van der Waals surface area contributed by atoms with Crippen LogP contribution in [0.2, 0.25) is 0 Å². The molecule has 2 rings (SSSR count). The van der Waals surface area contributed by atoms with Crippen LogP contribution in [0, 0.1) is 0 Å². The second-order valence-electron chi connectivity index (χ2n) is 5.01. The second-order valence-corrected chi connectivity index (χ2v) is 9.75. The molecule has 0 aromatic heterocycles. The largest absolute Gasteiger partial charge is 0.147 e. The Balaban J connectivity index is 0.00000144. The topological polar surface area (TPSA) is 0 Å². The van der Waals surface area contributed by atoms with Crippen molar-refractivity contribution in [3.63, 3.8) is 0 Å². The Hall–Kier alpha value is 0.124. The van der Waals surface area contributed by atoms with Crippen LogP contribution in [0.1, 0.15) is 40.5 Å². The summed E-state index contributed by atoms with van der Waals surface area (Å²) in [5, 5.41) is 0. The van der Waals surface area contributed by atoms with Gasteiger partial charge in [0.15, 0.2) is 0 Å². The van der Waals surface area contributed by atoms with Crippen LogP contribution < -0.4 is 0 Å². The second kappa shape index (κ2) is 7.65. The molecule has 0 fully saturated rings. The van der Waals surface area contributed by atoms with Gasteiger partial charge in [0.1, 0.15) is 0 Å². The van der Waals surface area contributed by atoms with Crippen molar-refractivity contribution in [1.82, 2.24) is 0 Å². The van der Waals surface area contributed by atoms with Crippen molar-refractivity contribution in [3.8, 4) is 0 Å². The maximum atomic E-state index is 2.47. The molecular formula is C15H22Cl2Ti. The summed E-state index contributed by atoms with van der Waals surface area (Å²) < 4.78 is 5.17. The fourth-order valence-electron chi connectivity index (χ4n) is 2.50. The molecule has 100 valence electrons. The molecule has 0 atom stereocenters. The predicted octanol–water partition coefficient (Wildman–Crippen LogP) is 5.13. The molecule has 0 N–H and O–H groups in total. The van der Waals surface area contributed by atoms with Gasteiger partial charge in [-0.1, -0.05) is 0 Å². The van der Waals surface area contributed by atoms with E-state index in [1.807, 2.05) is 0 Å². The van der Waals surface area contributed by atoms with Gasteiger partial charge in [0, 0.05) is 0 Å². The van der Waals surface area contributed by atoms with Crippen molar-refractivity contribution in [2.75, 3.05) is 0 Å². The Morgan fingerprint density at radius 1 is 1.11 bits per heavy atom. The molecule has 0 saturated heterocycles. The SMILES string of the molecule is CC1=C(C)C[C]([Ti]([C]2=CC=CC2)=[C](C)C)=C1.Cl.Cl. The zero-order valence-corrected chi connectivity index (χ0v) is 14.7. The van der Waals surface area contributed by atoms with Gasteiger partial charge >= 0.3 is 105 Å². The van der Waals surface area contributed by atoms with Gasteiger partial charge in [-0.2, -0.15) is 0 Å². The molecule has 0 radical (unpaired) electrons. The molecule has 0 aromatic carbocycles. The fourth-order valence-corrected chi connectivity index (χ4v) is 7.32. The van der Waals surface area contributed by atoms with Crippen LogP contribution in [0.5, 0.6) is 0 Å². The Bertz CT molecular complexity index is 473. The average Bonchev–Trinajstić information content (AvgIpc) is 2.79. The summed E-state index contributed by atoms with van der Waals surface area (Å²) in [6.07, 6.45) is 11.8. The van der Waals surface area contributed by atoms with Gasteiger partial charge < -0.3 is 0 Å². The van der Waals surface area contributed by atoms with Gasteiger partial charge in [-0.25, -0.2) is 0 Å². The number of allylic oxidation sites excluding steroid dienone is 8. The van der Waals surface area contributed by atoms with Crippen LogP contribution in [0.25, 0.3) is 0 Å². The van der Waals surface area contributed by atoms with Crippen LogP contribution in [0.3, 0.4) is 0 Å². The maximum absolute atomic E-state index is 2.47. The van der Waals surface area contributed by atoms with Gasteiger partial charge in [0.2, 0.25) is 0 Å². The first-order valence-corrected chi connectivity index (χ1v) is 8.34. The van der Waals surface area contributed by atoms with Gasteiger partial charge in [-0.15, -0.1) is 24.8 Å². The van der Waals surface area contributed by atoms with E-state index in [0.717, 1.165) is 0 Å². The molecular weight excluding hydrogens is 299 g/mol. The van der Waals surface area contributed by atoms with Crippen LogP contribution in [0.4, 0.5) is 0 Å². The zero-order valence-electron chi connectivity index (χ0n) is 11.5. The third-order valence-corrected chi connectivity index (χ3v) is 8.08. The van der Waals surface area contributed by atoms with Crippen molar-refractivity contribution in [1.29, 1.82) is 0 Å². The van der Waals surface area contributed by atoms with E-state index >= 15 is 0 Å². The summed E-state index contributed by atoms with van der Waals surface area (Å²) in [7, 11) is 0. The van der Waals surface area contributed by atoms with E-state index in [-0.39, 0.29) is 24.8 Å². The first kappa shape index (κ1) is 18.1.